The second kappa shape index (κ2) is 6.00. The lowest BCUT2D eigenvalue weighted by Crippen LogP contribution is -2.52. The summed E-state index contributed by atoms with van der Waals surface area (Å²) in [5.74, 6) is -1.47. The van der Waals surface area contributed by atoms with Gasteiger partial charge in [-0.2, -0.15) is 0 Å². The molecule has 1 aliphatic carbocycles. The molecule has 0 bridgehead atoms. The summed E-state index contributed by atoms with van der Waals surface area (Å²) in [6, 6.07) is -0.829. The summed E-state index contributed by atoms with van der Waals surface area (Å²) >= 11 is 0. The standard InChI is InChI=1S/C12H22N2O3/c1-7(2)10(13)11(15)14-9-6-4-3-5-8(9)12(16)17/h7-10H,3-6,13H2,1-2H3,(H,14,15)(H,16,17)/t8?,9?,10-/m1/s1. The van der Waals surface area contributed by atoms with E-state index in [1.807, 2.05) is 13.8 Å². The van der Waals surface area contributed by atoms with Crippen LogP contribution < -0.4 is 11.1 Å². The number of carboxylic acids is 1. The Morgan fingerprint density at radius 3 is 2.41 bits per heavy atom. The fraction of sp³-hybridized carbons (Fsp3) is 0.833. The van der Waals surface area contributed by atoms with Crippen molar-refractivity contribution >= 4 is 11.9 Å². The van der Waals surface area contributed by atoms with Crippen LogP contribution in [0.5, 0.6) is 0 Å². The van der Waals surface area contributed by atoms with E-state index in [0.717, 1.165) is 19.3 Å². The number of aliphatic carboxylic acids is 1. The van der Waals surface area contributed by atoms with Crippen LogP contribution in [0.2, 0.25) is 0 Å². The topological polar surface area (TPSA) is 92.4 Å². The predicted molar refractivity (Wildman–Crippen MR) is 64.3 cm³/mol. The van der Waals surface area contributed by atoms with E-state index >= 15 is 0 Å². The minimum absolute atomic E-state index is 0.0573. The first kappa shape index (κ1) is 14.0. The van der Waals surface area contributed by atoms with Crippen LogP contribution in [0, 0.1) is 11.8 Å². The minimum atomic E-state index is -0.826. The smallest absolute Gasteiger partial charge is 0.308 e. The van der Waals surface area contributed by atoms with Crippen molar-refractivity contribution < 1.29 is 14.7 Å². The lowest BCUT2D eigenvalue weighted by atomic mass is 9.84. The molecule has 0 radical (unpaired) electrons. The molecule has 1 fully saturated rings. The number of nitrogens with two attached hydrogens (primary N) is 1. The number of rotatable bonds is 4. The van der Waals surface area contributed by atoms with E-state index in [0.29, 0.717) is 6.42 Å². The monoisotopic (exact) mass is 242 g/mol. The van der Waals surface area contributed by atoms with Crippen molar-refractivity contribution in [2.75, 3.05) is 0 Å². The summed E-state index contributed by atoms with van der Waals surface area (Å²) in [4.78, 5) is 22.9. The van der Waals surface area contributed by atoms with Crippen molar-refractivity contribution in [2.45, 2.75) is 51.6 Å². The highest BCUT2D eigenvalue weighted by molar-refractivity contribution is 5.83. The number of nitrogens with one attached hydrogen (secondary N) is 1. The van der Waals surface area contributed by atoms with Gasteiger partial charge in [0, 0.05) is 6.04 Å². The molecular formula is C12H22N2O3. The molecule has 0 saturated heterocycles. The molecule has 4 N–H and O–H groups in total. The second-order valence-electron chi connectivity index (χ2n) is 5.11. The molecular weight excluding hydrogens is 220 g/mol. The first-order valence-corrected chi connectivity index (χ1v) is 6.22. The van der Waals surface area contributed by atoms with Gasteiger partial charge in [-0.25, -0.2) is 0 Å². The zero-order valence-corrected chi connectivity index (χ0v) is 10.5. The molecule has 1 aliphatic rings. The molecule has 98 valence electrons. The van der Waals surface area contributed by atoms with Gasteiger partial charge in [0.15, 0.2) is 0 Å². The van der Waals surface area contributed by atoms with Gasteiger partial charge in [-0.05, 0) is 18.8 Å². The normalized spacial score (nSPS) is 26.6. The Kier molecular flexibility index (Phi) is 4.93. The van der Waals surface area contributed by atoms with Gasteiger partial charge in [-0.15, -0.1) is 0 Å². The van der Waals surface area contributed by atoms with Gasteiger partial charge >= 0.3 is 5.97 Å². The summed E-state index contributed by atoms with van der Waals surface area (Å²) in [5.41, 5.74) is 5.74. The van der Waals surface area contributed by atoms with Gasteiger partial charge in [0.25, 0.3) is 0 Å². The van der Waals surface area contributed by atoms with E-state index in [9.17, 15) is 9.59 Å². The number of hydrogen-bond donors (Lipinski definition) is 3. The number of carbonyl (C=O) groups is 2. The van der Waals surface area contributed by atoms with Crippen molar-refractivity contribution in [3.63, 3.8) is 0 Å². The lowest BCUT2D eigenvalue weighted by Gasteiger charge is -2.30. The van der Waals surface area contributed by atoms with Crippen LogP contribution in [0.4, 0.5) is 0 Å². The highest BCUT2D eigenvalue weighted by atomic mass is 16.4. The molecule has 0 aromatic carbocycles. The fourth-order valence-electron chi connectivity index (χ4n) is 2.18. The fourth-order valence-corrected chi connectivity index (χ4v) is 2.18. The molecule has 1 amide bonds. The maximum absolute atomic E-state index is 11.8. The Labute approximate surface area is 102 Å². The third kappa shape index (κ3) is 3.70. The van der Waals surface area contributed by atoms with Gasteiger partial charge in [-0.3, -0.25) is 9.59 Å². The third-order valence-electron chi connectivity index (χ3n) is 3.43. The molecule has 5 nitrogen and oxygen atoms in total. The summed E-state index contributed by atoms with van der Waals surface area (Å²) < 4.78 is 0. The van der Waals surface area contributed by atoms with Crippen LogP contribution in [-0.2, 0) is 9.59 Å². The summed E-state index contributed by atoms with van der Waals surface area (Å²) in [7, 11) is 0. The zero-order chi connectivity index (χ0) is 13.0. The number of hydrogen-bond acceptors (Lipinski definition) is 3. The van der Waals surface area contributed by atoms with Crippen LogP contribution in [0.3, 0.4) is 0 Å². The van der Waals surface area contributed by atoms with E-state index in [-0.39, 0.29) is 17.9 Å². The van der Waals surface area contributed by atoms with Crippen LogP contribution in [0.15, 0.2) is 0 Å². The van der Waals surface area contributed by atoms with Crippen LogP contribution in [-0.4, -0.2) is 29.1 Å². The van der Waals surface area contributed by atoms with Gasteiger partial charge in [-0.1, -0.05) is 26.7 Å². The SMILES string of the molecule is CC(C)[C@@H](N)C(=O)NC1CCCCC1C(=O)O. The quantitative estimate of drug-likeness (QED) is 0.677. The number of carbonyl (C=O) groups excluding carboxylic acids is 1. The molecule has 3 atom stereocenters. The van der Waals surface area contributed by atoms with Crippen LogP contribution in [0.1, 0.15) is 39.5 Å². The Bertz CT molecular complexity index is 291. The summed E-state index contributed by atoms with van der Waals surface area (Å²) in [5, 5.41) is 11.9. The molecule has 0 aromatic heterocycles. The van der Waals surface area contributed by atoms with E-state index in [2.05, 4.69) is 5.32 Å². The van der Waals surface area contributed by atoms with Crippen LogP contribution in [0.25, 0.3) is 0 Å². The largest absolute Gasteiger partial charge is 0.481 e. The Balaban J connectivity index is 2.59. The summed E-state index contributed by atoms with van der Waals surface area (Å²) in [6.45, 7) is 3.75. The van der Waals surface area contributed by atoms with E-state index < -0.39 is 17.9 Å². The molecule has 0 spiro atoms. The average Bonchev–Trinajstić information content (AvgIpc) is 2.28. The van der Waals surface area contributed by atoms with Gasteiger partial charge < -0.3 is 16.2 Å². The Morgan fingerprint density at radius 2 is 1.88 bits per heavy atom. The second-order valence-corrected chi connectivity index (χ2v) is 5.11. The first-order chi connectivity index (χ1) is 7.93. The highest BCUT2D eigenvalue weighted by Gasteiger charge is 2.33. The first-order valence-electron chi connectivity index (χ1n) is 6.22. The third-order valence-corrected chi connectivity index (χ3v) is 3.43. The molecule has 0 aromatic rings. The van der Waals surface area contributed by atoms with Crippen molar-refractivity contribution in [3.05, 3.63) is 0 Å². The highest BCUT2D eigenvalue weighted by Crippen LogP contribution is 2.24. The molecule has 2 unspecified atom stereocenters. The Hall–Kier alpha value is -1.10. The molecule has 17 heavy (non-hydrogen) atoms. The van der Waals surface area contributed by atoms with Crippen molar-refractivity contribution in [1.29, 1.82) is 0 Å². The Morgan fingerprint density at radius 1 is 1.29 bits per heavy atom. The van der Waals surface area contributed by atoms with Crippen LogP contribution >= 0.6 is 0 Å². The van der Waals surface area contributed by atoms with Crippen molar-refractivity contribution in [1.82, 2.24) is 5.32 Å². The average molecular weight is 242 g/mol. The lowest BCUT2D eigenvalue weighted by molar-refractivity contribution is -0.144. The van der Waals surface area contributed by atoms with Crippen molar-refractivity contribution in [3.8, 4) is 0 Å². The van der Waals surface area contributed by atoms with E-state index in [4.69, 9.17) is 10.8 Å². The molecule has 1 saturated carbocycles. The zero-order valence-electron chi connectivity index (χ0n) is 10.5. The van der Waals surface area contributed by atoms with Crippen molar-refractivity contribution in [2.24, 2.45) is 17.6 Å². The number of carboxylic acid groups (broad SMARTS) is 1. The molecule has 5 heteroatoms. The van der Waals surface area contributed by atoms with Gasteiger partial charge in [0.2, 0.25) is 5.91 Å². The molecule has 0 aliphatic heterocycles. The van der Waals surface area contributed by atoms with E-state index in [1.54, 1.807) is 0 Å². The minimum Gasteiger partial charge on any atom is -0.481 e. The van der Waals surface area contributed by atoms with E-state index in [1.165, 1.54) is 0 Å². The maximum Gasteiger partial charge on any atom is 0.308 e. The molecule has 0 heterocycles. The van der Waals surface area contributed by atoms with Gasteiger partial charge in [0.05, 0.1) is 12.0 Å². The molecule has 1 rings (SSSR count). The predicted octanol–water partition coefficient (Wildman–Crippen LogP) is 0.729. The van der Waals surface area contributed by atoms with Gasteiger partial charge in [0.1, 0.15) is 0 Å². The number of amides is 1. The maximum atomic E-state index is 11.8. The summed E-state index contributed by atoms with van der Waals surface area (Å²) in [6.07, 6.45) is 3.25.